The van der Waals surface area contributed by atoms with Gasteiger partial charge in [-0.2, -0.15) is 4.39 Å². The van der Waals surface area contributed by atoms with Gasteiger partial charge >= 0.3 is 0 Å². The molecule has 0 fully saturated rings. The second-order valence-corrected chi connectivity index (χ2v) is 5.52. The Bertz CT molecular complexity index is 709. The van der Waals surface area contributed by atoms with Gasteiger partial charge in [0.15, 0.2) is 11.6 Å². The monoisotopic (exact) mass is 375 g/mol. The third-order valence-electron chi connectivity index (χ3n) is 2.65. The molecule has 0 atom stereocenters. The van der Waals surface area contributed by atoms with Gasteiger partial charge in [-0.25, -0.2) is 8.78 Å². The average Bonchev–Trinajstić information content (AvgIpc) is 2.42. The fourth-order valence-electron chi connectivity index (χ4n) is 1.65. The molecule has 0 aliphatic heterocycles. The van der Waals surface area contributed by atoms with E-state index >= 15 is 0 Å². The SMILES string of the molecule is NC(=S)c1cc(COc2cc(Br)cc(F)c2F)ccc1F. The molecular weight excluding hydrogens is 367 g/mol. The summed E-state index contributed by atoms with van der Waals surface area (Å²) in [6.07, 6.45) is 0. The molecule has 2 aromatic rings. The van der Waals surface area contributed by atoms with Gasteiger partial charge < -0.3 is 10.5 Å². The van der Waals surface area contributed by atoms with Gasteiger partial charge in [0.1, 0.15) is 17.4 Å². The van der Waals surface area contributed by atoms with Crippen molar-refractivity contribution in [2.75, 3.05) is 0 Å². The Morgan fingerprint density at radius 1 is 1.14 bits per heavy atom. The number of thiocarbonyl (C=S) groups is 1. The van der Waals surface area contributed by atoms with Crippen molar-refractivity contribution in [3.63, 3.8) is 0 Å². The molecule has 0 aliphatic rings. The lowest BCUT2D eigenvalue weighted by molar-refractivity contribution is 0.284. The standard InChI is InChI=1S/C14H9BrF3NOS/c15-8-4-11(17)13(18)12(5-8)20-6-7-1-2-10(16)9(3-7)14(19)21/h1-5H,6H2,(H2,19,21). The molecule has 0 unspecified atom stereocenters. The summed E-state index contributed by atoms with van der Waals surface area (Å²) in [4.78, 5) is -0.0889. The van der Waals surface area contributed by atoms with Crippen LogP contribution < -0.4 is 10.5 Å². The fourth-order valence-corrected chi connectivity index (χ4v) is 2.21. The molecule has 21 heavy (non-hydrogen) atoms. The van der Waals surface area contributed by atoms with E-state index in [1.807, 2.05) is 0 Å². The maximum Gasteiger partial charge on any atom is 0.200 e. The van der Waals surface area contributed by atoms with E-state index in [2.05, 4.69) is 15.9 Å². The molecule has 2 N–H and O–H groups in total. The van der Waals surface area contributed by atoms with E-state index in [0.717, 1.165) is 6.07 Å². The van der Waals surface area contributed by atoms with Crippen molar-refractivity contribution >= 4 is 33.1 Å². The number of ether oxygens (including phenoxy) is 1. The molecule has 0 radical (unpaired) electrons. The zero-order valence-electron chi connectivity index (χ0n) is 10.5. The van der Waals surface area contributed by atoms with Crippen LogP contribution in [0.5, 0.6) is 5.75 Å². The van der Waals surface area contributed by atoms with Crippen molar-refractivity contribution in [2.45, 2.75) is 6.61 Å². The van der Waals surface area contributed by atoms with Crippen molar-refractivity contribution in [3.05, 3.63) is 63.4 Å². The molecule has 0 spiro atoms. The summed E-state index contributed by atoms with van der Waals surface area (Å²) in [6, 6.07) is 6.33. The minimum absolute atomic E-state index is 0.0759. The van der Waals surface area contributed by atoms with E-state index < -0.39 is 17.5 Å². The van der Waals surface area contributed by atoms with Crippen LogP contribution in [0.2, 0.25) is 0 Å². The van der Waals surface area contributed by atoms with Gasteiger partial charge in [0.05, 0.1) is 0 Å². The molecule has 2 nitrogen and oxygen atoms in total. The molecule has 110 valence electrons. The second kappa shape index (κ2) is 6.44. The Labute approximate surface area is 132 Å². The lowest BCUT2D eigenvalue weighted by Gasteiger charge is -2.10. The molecule has 0 bridgehead atoms. The van der Waals surface area contributed by atoms with Crippen molar-refractivity contribution in [3.8, 4) is 5.75 Å². The number of benzene rings is 2. The lowest BCUT2D eigenvalue weighted by atomic mass is 10.1. The Morgan fingerprint density at radius 3 is 2.52 bits per heavy atom. The van der Waals surface area contributed by atoms with Crippen LogP contribution in [0.4, 0.5) is 13.2 Å². The quantitative estimate of drug-likeness (QED) is 0.645. The molecule has 0 amide bonds. The van der Waals surface area contributed by atoms with Gasteiger partial charge in [-0.15, -0.1) is 0 Å². The van der Waals surface area contributed by atoms with Gasteiger partial charge in [0.2, 0.25) is 5.82 Å². The Morgan fingerprint density at radius 2 is 1.86 bits per heavy atom. The summed E-state index contributed by atoms with van der Waals surface area (Å²) in [5, 5.41) is 0. The summed E-state index contributed by atoms with van der Waals surface area (Å²) < 4.78 is 45.7. The normalized spacial score (nSPS) is 10.5. The summed E-state index contributed by atoms with van der Waals surface area (Å²) in [7, 11) is 0. The van der Waals surface area contributed by atoms with Gasteiger partial charge in [-0.05, 0) is 29.8 Å². The van der Waals surface area contributed by atoms with Crippen LogP contribution in [-0.4, -0.2) is 4.99 Å². The molecule has 0 saturated heterocycles. The molecule has 0 aliphatic carbocycles. The molecule has 0 saturated carbocycles. The number of halogens is 4. The molecule has 0 aromatic heterocycles. The Hall–Kier alpha value is -1.60. The van der Waals surface area contributed by atoms with Gasteiger partial charge in [0.25, 0.3) is 0 Å². The summed E-state index contributed by atoms with van der Waals surface area (Å²) in [5.74, 6) is -2.91. The predicted octanol–water partition coefficient (Wildman–Crippen LogP) is 4.08. The molecule has 2 aromatic carbocycles. The first-order valence-corrected chi connectivity index (χ1v) is 6.94. The van der Waals surface area contributed by atoms with Gasteiger partial charge in [-0.1, -0.05) is 34.2 Å². The van der Waals surface area contributed by atoms with E-state index in [0.29, 0.717) is 10.0 Å². The largest absolute Gasteiger partial charge is 0.486 e. The minimum Gasteiger partial charge on any atom is -0.486 e. The number of hydrogen-bond acceptors (Lipinski definition) is 2. The first-order chi connectivity index (χ1) is 9.88. The number of nitrogens with two attached hydrogens (primary N) is 1. The molecule has 7 heteroatoms. The van der Waals surface area contributed by atoms with Crippen LogP contribution in [0.3, 0.4) is 0 Å². The van der Waals surface area contributed by atoms with Crippen LogP contribution >= 0.6 is 28.1 Å². The molecule has 0 heterocycles. The molecular formula is C14H9BrF3NOS. The maximum absolute atomic E-state index is 13.5. The van der Waals surface area contributed by atoms with Crippen molar-refractivity contribution in [1.82, 2.24) is 0 Å². The lowest BCUT2D eigenvalue weighted by Crippen LogP contribution is -2.12. The summed E-state index contributed by atoms with van der Waals surface area (Å²) >= 11 is 7.77. The summed E-state index contributed by atoms with van der Waals surface area (Å²) in [5.41, 5.74) is 5.99. The predicted molar refractivity (Wildman–Crippen MR) is 80.7 cm³/mol. The third kappa shape index (κ3) is 3.74. The van der Waals surface area contributed by atoms with E-state index in [1.165, 1.54) is 24.3 Å². The fraction of sp³-hybridized carbons (Fsp3) is 0.0714. The zero-order valence-corrected chi connectivity index (χ0v) is 12.9. The summed E-state index contributed by atoms with van der Waals surface area (Å²) in [6.45, 7) is -0.0806. The first-order valence-electron chi connectivity index (χ1n) is 5.74. The number of rotatable bonds is 4. The van der Waals surface area contributed by atoms with Crippen molar-refractivity contribution in [2.24, 2.45) is 5.73 Å². The molecule has 2 rings (SSSR count). The van der Waals surface area contributed by atoms with E-state index in [-0.39, 0.29) is 22.9 Å². The minimum atomic E-state index is -1.09. The topological polar surface area (TPSA) is 35.2 Å². The van der Waals surface area contributed by atoms with Crippen LogP contribution in [0.1, 0.15) is 11.1 Å². The highest BCUT2D eigenvalue weighted by Gasteiger charge is 2.12. The second-order valence-electron chi connectivity index (χ2n) is 4.17. The van der Waals surface area contributed by atoms with Crippen molar-refractivity contribution in [1.29, 1.82) is 0 Å². The Kier molecular flexibility index (Phi) is 4.84. The highest BCUT2D eigenvalue weighted by Crippen LogP contribution is 2.26. The Balaban J connectivity index is 2.21. The van der Waals surface area contributed by atoms with Crippen LogP contribution in [0, 0.1) is 17.5 Å². The van der Waals surface area contributed by atoms with Crippen molar-refractivity contribution < 1.29 is 17.9 Å². The van der Waals surface area contributed by atoms with E-state index in [9.17, 15) is 13.2 Å². The maximum atomic E-state index is 13.5. The third-order valence-corrected chi connectivity index (χ3v) is 3.33. The van der Waals surface area contributed by atoms with E-state index in [1.54, 1.807) is 0 Å². The number of hydrogen-bond donors (Lipinski definition) is 1. The van der Waals surface area contributed by atoms with Crippen LogP contribution in [-0.2, 0) is 6.61 Å². The highest BCUT2D eigenvalue weighted by atomic mass is 79.9. The first kappa shape index (κ1) is 15.8. The highest BCUT2D eigenvalue weighted by molar-refractivity contribution is 9.10. The smallest absolute Gasteiger partial charge is 0.200 e. The van der Waals surface area contributed by atoms with Gasteiger partial charge in [-0.3, -0.25) is 0 Å². The average molecular weight is 376 g/mol. The van der Waals surface area contributed by atoms with Crippen LogP contribution in [0.15, 0.2) is 34.8 Å². The zero-order chi connectivity index (χ0) is 15.6. The van der Waals surface area contributed by atoms with Crippen LogP contribution in [0.25, 0.3) is 0 Å². The van der Waals surface area contributed by atoms with E-state index in [4.69, 9.17) is 22.7 Å². The van der Waals surface area contributed by atoms with Gasteiger partial charge in [0, 0.05) is 10.0 Å².